The van der Waals surface area contributed by atoms with Crippen LogP contribution in [-0.4, -0.2) is 37.2 Å². The summed E-state index contributed by atoms with van der Waals surface area (Å²) in [5, 5.41) is 0. The highest BCUT2D eigenvalue weighted by Crippen LogP contribution is 2.13. The van der Waals surface area contributed by atoms with Gasteiger partial charge in [-0.05, 0) is 77.0 Å². The molecule has 0 aromatic heterocycles. The third-order valence-corrected chi connectivity index (χ3v) is 9.51. The maximum Gasteiger partial charge on any atom is 0.306 e. The first kappa shape index (κ1) is 52.1. The first-order valence-electron chi connectivity index (χ1n) is 22.8. The lowest BCUT2D eigenvalue weighted by molar-refractivity contribution is -0.167. The van der Waals surface area contributed by atoms with Gasteiger partial charge >= 0.3 is 17.9 Å². The zero-order valence-electron chi connectivity index (χ0n) is 35.9. The van der Waals surface area contributed by atoms with Crippen LogP contribution in [0.25, 0.3) is 0 Å². The van der Waals surface area contributed by atoms with Crippen molar-refractivity contribution in [3.63, 3.8) is 0 Å². The average Bonchev–Trinajstić information content (AvgIpc) is 3.18. The first-order valence-corrected chi connectivity index (χ1v) is 22.8. The number of unbranched alkanes of at least 4 members (excludes halogenated alkanes) is 19. The van der Waals surface area contributed by atoms with Gasteiger partial charge in [0.2, 0.25) is 0 Å². The molecule has 1 atom stereocenters. The molecule has 0 heterocycles. The smallest absolute Gasteiger partial charge is 0.306 e. The molecule has 0 amide bonds. The molecule has 0 spiro atoms. The monoisotopic (exact) mass is 769 g/mol. The SMILES string of the molecule is CC/C=C\C/C=C\C/C=C\C/C=C\CCCCC(=O)O[C@H](COC(=O)CCCCCCC/C=C\CCCC)COC(=O)CCCCCCCCCCCCC. The summed E-state index contributed by atoms with van der Waals surface area (Å²) in [6, 6.07) is 0. The van der Waals surface area contributed by atoms with Crippen molar-refractivity contribution in [2.45, 2.75) is 219 Å². The molecule has 0 saturated heterocycles. The Bertz CT molecular complexity index is 1020. The van der Waals surface area contributed by atoms with Gasteiger partial charge in [-0.25, -0.2) is 0 Å². The predicted molar refractivity (Wildman–Crippen MR) is 233 cm³/mol. The van der Waals surface area contributed by atoms with Gasteiger partial charge in [0.15, 0.2) is 6.10 Å². The molecule has 0 aromatic carbocycles. The predicted octanol–water partition coefficient (Wildman–Crippen LogP) is 14.5. The van der Waals surface area contributed by atoms with Gasteiger partial charge < -0.3 is 14.2 Å². The Morgan fingerprint density at radius 3 is 1.22 bits per heavy atom. The molecule has 55 heavy (non-hydrogen) atoms. The highest BCUT2D eigenvalue weighted by atomic mass is 16.6. The minimum absolute atomic E-state index is 0.0925. The van der Waals surface area contributed by atoms with Gasteiger partial charge in [-0.15, -0.1) is 0 Å². The molecule has 0 aliphatic rings. The van der Waals surface area contributed by atoms with Gasteiger partial charge in [0.05, 0.1) is 0 Å². The van der Waals surface area contributed by atoms with Gasteiger partial charge in [-0.3, -0.25) is 14.4 Å². The first-order chi connectivity index (χ1) is 27.0. The normalized spacial score (nSPS) is 12.6. The number of hydrogen-bond donors (Lipinski definition) is 0. The van der Waals surface area contributed by atoms with E-state index in [4.69, 9.17) is 14.2 Å². The van der Waals surface area contributed by atoms with Crippen molar-refractivity contribution in [2.24, 2.45) is 0 Å². The largest absolute Gasteiger partial charge is 0.462 e. The molecule has 0 aliphatic heterocycles. The van der Waals surface area contributed by atoms with Crippen LogP contribution < -0.4 is 0 Å². The van der Waals surface area contributed by atoms with E-state index in [0.29, 0.717) is 19.3 Å². The van der Waals surface area contributed by atoms with Crippen molar-refractivity contribution in [3.05, 3.63) is 60.8 Å². The minimum Gasteiger partial charge on any atom is -0.462 e. The number of allylic oxidation sites excluding steroid dienone is 10. The van der Waals surface area contributed by atoms with Crippen LogP contribution in [0.15, 0.2) is 60.8 Å². The van der Waals surface area contributed by atoms with E-state index < -0.39 is 6.10 Å². The second-order valence-corrected chi connectivity index (χ2v) is 14.9. The van der Waals surface area contributed by atoms with E-state index in [1.54, 1.807) is 0 Å². The molecule has 6 heteroatoms. The molecule has 0 saturated carbocycles. The van der Waals surface area contributed by atoms with Gasteiger partial charge in [-0.1, -0.05) is 178 Å². The van der Waals surface area contributed by atoms with E-state index in [9.17, 15) is 14.4 Å². The summed E-state index contributed by atoms with van der Waals surface area (Å²) in [6.45, 7) is 6.42. The van der Waals surface area contributed by atoms with Crippen molar-refractivity contribution in [1.29, 1.82) is 0 Å². The highest BCUT2D eigenvalue weighted by molar-refractivity contribution is 5.71. The highest BCUT2D eigenvalue weighted by Gasteiger charge is 2.19. The topological polar surface area (TPSA) is 78.9 Å². The van der Waals surface area contributed by atoms with E-state index in [-0.39, 0.29) is 37.5 Å². The molecule has 6 nitrogen and oxygen atoms in total. The van der Waals surface area contributed by atoms with Gasteiger partial charge in [0.1, 0.15) is 13.2 Å². The molecule has 0 bridgehead atoms. The fourth-order valence-electron chi connectivity index (χ4n) is 6.06. The fraction of sp³-hybridized carbons (Fsp3) is 0.735. The summed E-state index contributed by atoms with van der Waals surface area (Å²) in [7, 11) is 0. The van der Waals surface area contributed by atoms with Gasteiger partial charge in [0.25, 0.3) is 0 Å². The molecule has 0 rings (SSSR count). The Labute approximate surface area is 339 Å². The molecular weight excluding hydrogens is 685 g/mol. The van der Waals surface area contributed by atoms with Crippen LogP contribution in [0.1, 0.15) is 213 Å². The van der Waals surface area contributed by atoms with Crippen LogP contribution >= 0.6 is 0 Å². The Morgan fingerprint density at radius 2 is 0.727 bits per heavy atom. The standard InChI is InChI=1S/C49H84O6/c1-4-7-10-13-16-19-22-23-24-25-28-31-34-37-40-43-49(52)55-46(44-53-47(50)41-38-35-32-29-26-20-17-14-11-8-5-2)45-54-48(51)42-39-36-33-30-27-21-18-15-12-9-6-3/h7,10,14,16-17,19,23-24,28,31,46H,4-6,8-9,11-13,15,18,20-22,25-27,29-30,32-45H2,1-3H3/b10-7-,17-14-,19-16-,24-23-,31-28-/t46-/m1/s1. The quantitative estimate of drug-likeness (QED) is 0.0267. The molecule has 0 radical (unpaired) electrons. The third-order valence-electron chi connectivity index (χ3n) is 9.51. The van der Waals surface area contributed by atoms with E-state index >= 15 is 0 Å². The molecule has 316 valence electrons. The number of ether oxygens (including phenoxy) is 3. The van der Waals surface area contributed by atoms with Crippen molar-refractivity contribution in [1.82, 2.24) is 0 Å². The average molecular weight is 769 g/mol. The number of esters is 3. The van der Waals surface area contributed by atoms with Crippen molar-refractivity contribution < 1.29 is 28.6 Å². The Morgan fingerprint density at radius 1 is 0.382 bits per heavy atom. The third kappa shape index (κ3) is 42.1. The zero-order valence-corrected chi connectivity index (χ0v) is 35.9. The maximum absolute atomic E-state index is 12.7. The van der Waals surface area contributed by atoms with E-state index in [0.717, 1.165) is 83.5 Å². The number of rotatable bonds is 40. The summed E-state index contributed by atoms with van der Waals surface area (Å²) < 4.78 is 16.7. The Hall–Kier alpha value is -2.89. The molecule has 0 N–H and O–H groups in total. The van der Waals surface area contributed by atoms with E-state index in [2.05, 4.69) is 81.5 Å². The van der Waals surface area contributed by atoms with Crippen LogP contribution in [0.3, 0.4) is 0 Å². The van der Waals surface area contributed by atoms with Crippen LogP contribution in [-0.2, 0) is 28.6 Å². The van der Waals surface area contributed by atoms with E-state index in [1.165, 1.54) is 83.5 Å². The van der Waals surface area contributed by atoms with E-state index in [1.807, 2.05) is 0 Å². The lowest BCUT2D eigenvalue weighted by atomic mass is 10.1. The van der Waals surface area contributed by atoms with Gasteiger partial charge in [0, 0.05) is 19.3 Å². The second kappa shape index (κ2) is 43.8. The summed E-state index contributed by atoms with van der Waals surface area (Å²) in [4.78, 5) is 37.7. The van der Waals surface area contributed by atoms with Crippen LogP contribution in [0, 0.1) is 0 Å². The summed E-state index contributed by atoms with van der Waals surface area (Å²) in [5.41, 5.74) is 0. The lowest BCUT2D eigenvalue weighted by Gasteiger charge is -2.18. The molecule has 0 aromatic rings. The fourth-order valence-corrected chi connectivity index (χ4v) is 6.06. The minimum atomic E-state index is -0.794. The zero-order chi connectivity index (χ0) is 40.1. The lowest BCUT2D eigenvalue weighted by Crippen LogP contribution is -2.30. The summed E-state index contributed by atoms with van der Waals surface area (Å²) in [5.74, 6) is -0.948. The summed E-state index contributed by atoms with van der Waals surface area (Å²) in [6.07, 6.45) is 52.0. The van der Waals surface area contributed by atoms with Crippen molar-refractivity contribution in [2.75, 3.05) is 13.2 Å². The number of hydrogen-bond acceptors (Lipinski definition) is 6. The van der Waals surface area contributed by atoms with Gasteiger partial charge in [-0.2, -0.15) is 0 Å². The molecule has 0 unspecified atom stereocenters. The Balaban J connectivity index is 4.47. The van der Waals surface area contributed by atoms with Crippen molar-refractivity contribution >= 4 is 17.9 Å². The number of carbonyl (C=O) groups is 3. The molecular formula is C49H84O6. The maximum atomic E-state index is 12.7. The Kier molecular flexibility index (Phi) is 41.5. The van der Waals surface area contributed by atoms with Crippen LogP contribution in [0.5, 0.6) is 0 Å². The number of carbonyl (C=O) groups excluding carboxylic acids is 3. The molecule has 0 fully saturated rings. The van der Waals surface area contributed by atoms with Crippen LogP contribution in [0.4, 0.5) is 0 Å². The van der Waals surface area contributed by atoms with Crippen molar-refractivity contribution in [3.8, 4) is 0 Å². The van der Waals surface area contributed by atoms with Crippen LogP contribution in [0.2, 0.25) is 0 Å². The summed E-state index contributed by atoms with van der Waals surface area (Å²) >= 11 is 0. The second-order valence-electron chi connectivity index (χ2n) is 14.9. The molecule has 0 aliphatic carbocycles.